The minimum absolute atomic E-state index is 0.0757. The van der Waals surface area contributed by atoms with E-state index in [1.165, 1.54) is 199 Å². The van der Waals surface area contributed by atoms with Crippen LogP contribution in [-0.4, -0.2) is 37.9 Å². The summed E-state index contributed by atoms with van der Waals surface area (Å²) < 4.78 is 17.5. The van der Waals surface area contributed by atoms with Crippen molar-refractivity contribution >= 4 is 11.9 Å². The second-order valence-electron chi connectivity index (χ2n) is 20.2. The number of hydrogen-bond donors (Lipinski definition) is 0. The quantitative estimate of drug-likeness (QED) is 0.0345. The van der Waals surface area contributed by atoms with Gasteiger partial charge in [0.1, 0.15) is 6.61 Å². The third-order valence-electron chi connectivity index (χ3n) is 13.2. The fourth-order valence-electron chi connectivity index (χ4n) is 8.60. The zero-order valence-electron chi connectivity index (χ0n) is 46.8. The van der Waals surface area contributed by atoms with Crippen LogP contribution in [0.4, 0.5) is 0 Å². The molecule has 0 radical (unpaired) electrons. The molecule has 0 aliphatic heterocycles. The van der Waals surface area contributed by atoms with Crippen molar-refractivity contribution in [3.05, 3.63) is 72.9 Å². The first-order valence-electron chi connectivity index (χ1n) is 30.5. The fraction of sp³-hybridized carbons (Fsp3) is 0.785. The van der Waals surface area contributed by atoms with E-state index in [0.717, 1.165) is 70.6 Å². The molecule has 0 amide bonds. The van der Waals surface area contributed by atoms with Crippen molar-refractivity contribution in [2.24, 2.45) is 0 Å². The highest BCUT2D eigenvalue weighted by Gasteiger charge is 2.17. The molecule has 0 aliphatic carbocycles. The SMILES string of the molecule is CCCCC/C=C\C/C=C\CCCCCCCCCCCCOCC(COC(=O)CCCCCCCCCCC/C=C\C/C=C\CCCCC)OC(=O)CCCCCCC/C=C\C/C=C\CCCCC. The van der Waals surface area contributed by atoms with Gasteiger partial charge in [0.15, 0.2) is 6.10 Å². The normalized spacial score (nSPS) is 12.7. The Morgan fingerprint density at radius 2 is 0.600 bits per heavy atom. The average Bonchev–Trinajstić information content (AvgIpc) is 3.36. The summed E-state index contributed by atoms with van der Waals surface area (Å²) in [6.45, 7) is 7.76. The van der Waals surface area contributed by atoms with Gasteiger partial charge in [-0.3, -0.25) is 9.59 Å². The number of carbonyl (C=O) groups is 2. The molecule has 70 heavy (non-hydrogen) atoms. The summed E-state index contributed by atoms with van der Waals surface area (Å²) in [5.41, 5.74) is 0. The van der Waals surface area contributed by atoms with Crippen molar-refractivity contribution in [1.29, 1.82) is 0 Å². The molecule has 1 unspecified atom stereocenters. The monoisotopic (exact) mass is 977 g/mol. The molecule has 1 atom stereocenters. The average molecular weight is 978 g/mol. The summed E-state index contributed by atoms with van der Waals surface area (Å²) in [6, 6.07) is 0. The first-order chi connectivity index (χ1) is 34.6. The van der Waals surface area contributed by atoms with Crippen LogP contribution in [0.5, 0.6) is 0 Å². The van der Waals surface area contributed by atoms with E-state index in [9.17, 15) is 9.59 Å². The lowest BCUT2D eigenvalue weighted by Crippen LogP contribution is -2.30. The number of carbonyl (C=O) groups excluding carboxylic acids is 2. The highest BCUT2D eigenvalue weighted by atomic mass is 16.6. The summed E-state index contributed by atoms with van der Waals surface area (Å²) in [5, 5.41) is 0. The van der Waals surface area contributed by atoms with Crippen LogP contribution in [-0.2, 0) is 23.8 Å². The summed E-state index contributed by atoms with van der Waals surface area (Å²) >= 11 is 0. The number of unbranched alkanes of at least 4 members (excludes halogenated alkanes) is 33. The van der Waals surface area contributed by atoms with Crippen LogP contribution in [0.25, 0.3) is 0 Å². The summed E-state index contributed by atoms with van der Waals surface area (Å²) in [6.07, 6.45) is 79.2. The Morgan fingerprint density at radius 3 is 0.943 bits per heavy atom. The molecule has 0 N–H and O–H groups in total. The van der Waals surface area contributed by atoms with Gasteiger partial charge in [0.25, 0.3) is 0 Å². The number of allylic oxidation sites excluding steroid dienone is 12. The van der Waals surface area contributed by atoms with Gasteiger partial charge in [0.05, 0.1) is 6.61 Å². The highest BCUT2D eigenvalue weighted by molar-refractivity contribution is 5.70. The Morgan fingerprint density at radius 1 is 0.314 bits per heavy atom. The Labute approximate surface area is 436 Å². The van der Waals surface area contributed by atoms with Crippen LogP contribution < -0.4 is 0 Å². The van der Waals surface area contributed by atoms with Crippen LogP contribution in [0.3, 0.4) is 0 Å². The molecule has 0 saturated heterocycles. The Kier molecular flexibility index (Phi) is 58.3. The smallest absolute Gasteiger partial charge is 0.306 e. The molecule has 0 aromatic rings. The van der Waals surface area contributed by atoms with Gasteiger partial charge in [-0.05, 0) is 116 Å². The molecule has 406 valence electrons. The van der Waals surface area contributed by atoms with E-state index in [-0.39, 0.29) is 25.2 Å². The Balaban J connectivity index is 4.28. The van der Waals surface area contributed by atoms with Gasteiger partial charge < -0.3 is 14.2 Å². The van der Waals surface area contributed by atoms with Crippen LogP contribution in [0.1, 0.15) is 303 Å². The zero-order chi connectivity index (χ0) is 50.6. The van der Waals surface area contributed by atoms with E-state index < -0.39 is 6.10 Å². The predicted molar refractivity (Wildman–Crippen MR) is 307 cm³/mol. The highest BCUT2D eigenvalue weighted by Crippen LogP contribution is 2.15. The van der Waals surface area contributed by atoms with Gasteiger partial charge in [0.2, 0.25) is 0 Å². The van der Waals surface area contributed by atoms with Gasteiger partial charge in [-0.15, -0.1) is 0 Å². The Bertz CT molecular complexity index is 1240. The molecule has 5 nitrogen and oxygen atoms in total. The minimum atomic E-state index is -0.550. The molecule has 0 aromatic carbocycles. The lowest BCUT2D eigenvalue weighted by atomic mass is 10.1. The number of ether oxygens (including phenoxy) is 3. The zero-order valence-corrected chi connectivity index (χ0v) is 46.8. The number of hydrogen-bond acceptors (Lipinski definition) is 5. The summed E-state index contributed by atoms with van der Waals surface area (Å²) in [4.78, 5) is 25.6. The van der Waals surface area contributed by atoms with Gasteiger partial charge in [-0.2, -0.15) is 0 Å². The van der Waals surface area contributed by atoms with E-state index >= 15 is 0 Å². The molecular weight excluding hydrogens is 861 g/mol. The molecule has 0 saturated carbocycles. The van der Waals surface area contributed by atoms with E-state index in [1.807, 2.05) is 0 Å². The molecule has 0 bridgehead atoms. The molecule has 0 fully saturated rings. The maximum Gasteiger partial charge on any atom is 0.306 e. The minimum Gasteiger partial charge on any atom is -0.462 e. The van der Waals surface area contributed by atoms with Gasteiger partial charge >= 0.3 is 11.9 Å². The maximum atomic E-state index is 12.9. The van der Waals surface area contributed by atoms with Crippen LogP contribution in [0.15, 0.2) is 72.9 Å². The van der Waals surface area contributed by atoms with Gasteiger partial charge in [-0.1, -0.05) is 248 Å². The third kappa shape index (κ3) is 57.9. The lowest BCUT2D eigenvalue weighted by Gasteiger charge is -2.18. The Hall–Kier alpha value is -2.66. The van der Waals surface area contributed by atoms with E-state index in [0.29, 0.717) is 19.4 Å². The first kappa shape index (κ1) is 67.3. The van der Waals surface area contributed by atoms with E-state index in [4.69, 9.17) is 14.2 Å². The van der Waals surface area contributed by atoms with Crippen molar-refractivity contribution in [2.45, 2.75) is 309 Å². The van der Waals surface area contributed by atoms with Crippen molar-refractivity contribution < 1.29 is 23.8 Å². The van der Waals surface area contributed by atoms with E-state index in [1.54, 1.807) is 0 Å². The van der Waals surface area contributed by atoms with Crippen molar-refractivity contribution in [3.63, 3.8) is 0 Å². The molecule has 0 aliphatic rings. The van der Waals surface area contributed by atoms with Crippen molar-refractivity contribution in [2.75, 3.05) is 19.8 Å². The van der Waals surface area contributed by atoms with Crippen LogP contribution in [0.2, 0.25) is 0 Å². The van der Waals surface area contributed by atoms with Gasteiger partial charge in [0, 0.05) is 19.4 Å². The van der Waals surface area contributed by atoms with Crippen LogP contribution in [0, 0.1) is 0 Å². The molecule has 5 heteroatoms. The third-order valence-corrected chi connectivity index (χ3v) is 13.2. The van der Waals surface area contributed by atoms with Gasteiger partial charge in [-0.25, -0.2) is 0 Å². The summed E-state index contributed by atoms with van der Waals surface area (Å²) in [5.74, 6) is -0.409. The molecular formula is C65H116O5. The second kappa shape index (κ2) is 60.6. The molecule has 0 spiro atoms. The topological polar surface area (TPSA) is 61.8 Å². The molecule has 0 heterocycles. The largest absolute Gasteiger partial charge is 0.462 e. The molecule has 0 aromatic heterocycles. The maximum absolute atomic E-state index is 12.9. The van der Waals surface area contributed by atoms with Crippen molar-refractivity contribution in [3.8, 4) is 0 Å². The molecule has 0 rings (SSSR count). The second-order valence-corrected chi connectivity index (χ2v) is 20.2. The summed E-state index contributed by atoms with van der Waals surface area (Å²) in [7, 11) is 0. The predicted octanol–water partition coefficient (Wildman–Crippen LogP) is 21.0. The lowest BCUT2D eigenvalue weighted by molar-refractivity contribution is -0.163. The fourth-order valence-corrected chi connectivity index (χ4v) is 8.60. The standard InChI is InChI=1S/C65H116O5/c1-4-7-10-13-16-19-22-25-28-30-32-34-36-39-42-45-48-51-54-57-60-68-61-63(70-65(67)59-56-53-50-47-44-41-37-27-24-21-18-15-12-9-6-3)62-69-64(66)58-55-52-49-46-43-40-38-35-33-31-29-26-23-20-17-14-11-8-5-2/h16-21,25-29,37,63H,4-15,22-24,30-36,38-62H2,1-3H3/b19-16-,20-17-,21-18-,28-25-,29-26-,37-27-. The first-order valence-corrected chi connectivity index (χ1v) is 30.5. The van der Waals surface area contributed by atoms with Crippen molar-refractivity contribution in [1.82, 2.24) is 0 Å². The number of esters is 2. The van der Waals surface area contributed by atoms with E-state index in [2.05, 4.69) is 93.7 Å². The number of rotatable bonds is 56. The van der Waals surface area contributed by atoms with Crippen LogP contribution >= 0.6 is 0 Å².